The number of benzene rings is 1. The third-order valence-corrected chi connectivity index (χ3v) is 3.37. The van der Waals surface area contributed by atoms with Gasteiger partial charge < -0.3 is 15.1 Å². The molecular formula is C15H23NO3. The number of carbonyl (C=O) groups is 1. The Morgan fingerprint density at radius 1 is 1.32 bits per heavy atom. The Morgan fingerprint density at radius 3 is 2.42 bits per heavy atom. The summed E-state index contributed by atoms with van der Waals surface area (Å²) in [7, 11) is 0. The summed E-state index contributed by atoms with van der Waals surface area (Å²) >= 11 is 0. The van der Waals surface area contributed by atoms with E-state index < -0.39 is 0 Å². The zero-order valence-electron chi connectivity index (χ0n) is 11.9. The minimum absolute atomic E-state index is 0.00102. The molecule has 2 N–H and O–H groups in total. The largest absolute Gasteiger partial charge is 0.507 e. The van der Waals surface area contributed by atoms with Crippen LogP contribution < -0.4 is 0 Å². The van der Waals surface area contributed by atoms with E-state index in [1.165, 1.54) is 0 Å². The van der Waals surface area contributed by atoms with Crippen LogP contribution >= 0.6 is 0 Å². The Bertz CT molecular complexity index is 427. The number of hydrogen-bond donors (Lipinski definition) is 2. The number of carbonyl (C=O) groups excluding carboxylic acids is 1. The maximum Gasteiger partial charge on any atom is 0.257 e. The quantitative estimate of drug-likeness (QED) is 0.830. The molecule has 1 aromatic rings. The lowest BCUT2D eigenvalue weighted by Gasteiger charge is -2.30. The van der Waals surface area contributed by atoms with Gasteiger partial charge in [-0.25, -0.2) is 0 Å². The average molecular weight is 265 g/mol. The Labute approximate surface area is 114 Å². The molecule has 0 atom stereocenters. The normalized spacial score (nSPS) is 10.8. The SMILES string of the molecule is CCC(CC)N(CCO)C(=O)c1ccc(C)cc1O. The fraction of sp³-hybridized carbons (Fsp3) is 0.533. The van der Waals surface area contributed by atoms with Gasteiger partial charge in [0.2, 0.25) is 0 Å². The summed E-state index contributed by atoms with van der Waals surface area (Å²) in [4.78, 5) is 14.1. The van der Waals surface area contributed by atoms with E-state index in [2.05, 4.69) is 0 Å². The fourth-order valence-electron chi connectivity index (χ4n) is 2.26. The second-order valence-corrected chi connectivity index (χ2v) is 4.71. The summed E-state index contributed by atoms with van der Waals surface area (Å²) in [6.07, 6.45) is 1.66. The van der Waals surface area contributed by atoms with Crippen LogP contribution in [0.5, 0.6) is 5.75 Å². The van der Waals surface area contributed by atoms with Crippen LogP contribution in [0.1, 0.15) is 42.6 Å². The smallest absolute Gasteiger partial charge is 0.257 e. The molecule has 0 aliphatic rings. The highest BCUT2D eigenvalue weighted by Crippen LogP contribution is 2.22. The molecule has 0 saturated heterocycles. The lowest BCUT2D eigenvalue weighted by molar-refractivity contribution is 0.0619. The van der Waals surface area contributed by atoms with Gasteiger partial charge in [0.1, 0.15) is 5.75 Å². The van der Waals surface area contributed by atoms with Crippen molar-refractivity contribution >= 4 is 5.91 Å². The number of hydrogen-bond acceptors (Lipinski definition) is 3. The molecule has 0 bridgehead atoms. The molecule has 1 rings (SSSR count). The second kappa shape index (κ2) is 7.14. The molecule has 0 radical (unpaired) electrons. The molecule has 0 fully saturated rings. The van der Waals surface area contributed by atoms with Crippen LogP contribution in [0.25, 0.3) is 0 Å². The van der Waals surface area contributed by atoms with Crippen molar-refractivity contribution in [3.63, 3.8) is 0 Å². The maximum absolute atomic E-state index is 12.5. The number of amides is 1. The van der Waals surface area contributed by atoms with Gasteiger partial charge in [0.15, 0.2) is 0 Å². The van der Waals surface area contributed by atoms with E-state index in [4.69, 9.17) is 5.11 Å². The molecule has 0 aromatic heterocycles. The first-order valence-electron chi connectivity index (χ1n) is 6.76. The average Bonchev–Trinajstić information content (AvgIpc) is 2.38. The van der Waals surface area contributed by atoms with Gasteiger partial charge in [0, 0.05) is 12.6 Å². The zero-order valence-corrected chi connectivity index (χ0v) is 11.9. The number of rotatable bonds is 6. The third-order valence-electron chi connectivity index (χ3n) is 3.37. The summed E-state index contributed by atoms with van der Waals surface area (Å²) in [6.45, 7) is 6.11. The van der Waals surface area contributed by atoms with Gasteiger partial charge in [0.05, 0.1) is 12.2 Å². The molecule has 0 aliphatic heterocycles. The topological polar surface area (TPSA) is 60.8 Å². The van der Waals surface area contributed by atoms with Crippen molar-refractivity contribution in [2.75, 3.05) is 13.2 Å². The van der Waals surface area contributed by atoms with Crippen molar-refractivity contribution in [1.29, 1.82) is 0 Å². The summed E-state index contributed by atoms with van der Waals surface area (Å²) in [5.41, 5.74) is 1.20. The predicted octanol–water partition coefficient (Wildman–Crippen LogP) is 2.32. The first-order valence-corrected chi connectivity index (χ1v) is 6.76. The number of phenols is 1. The van der Waals surface area contributed by atoms with Crippen molar-refractivity contribution in [2.45, 2.75) is 39.7 Å². The number of aromatic hydroxyl groups is 1. The maximum atomic E-state index is 12.5. The highest BCUT2D eigenvalue weighted by Gasteiger charge is 2.23. The van der Waals surface area contributed by atoms with Gasteiger partial charge in [-0.2, -0.15) is 0 Å². The van der Waals surface area contributed by atoms with Crippen LogP contribution in [0.15, 0.2) is 18.2 Å². The lowest BCUT2D eigenvalue weighted by Crippen LogP contribution is -2.41. The van der Waals surface area contributed by atoms with Gasteiger partial charge in [-0.1, -0.05) is 19.9 Å². The van der Waals surface area contributed by atoms with Crippen LogP contribution in [0.2, 0.25) is 0 Å². The van der Waals surface area contributed by atoms with Gasteiger partial charge in [-0.15, -0.1) is 0 Å². The molecular weight excluding hydrogens is 242 g/mol. The number of aryl methyl sites for hydroxylation is 1. The van der Waals surface area contributed by atoms with Gasteiger partial charge in [-0.3, -0.25) is 4.79 Å². The molecule has 0 spiro atoms. The van der Waals surface area contributed by atoms with Gasteiger partial charge in [0.25, 0.3) is 5.91 Å². The molecule has 106 valence electrons. The van der Waals surface area contributed by atoms with Crippen molar-refractivity contribution < 1.29 is 15.0 Å². The van der Waals surface area contributed by atoms with E-state index in [-0.39, 0.29) is 24.3 Å². The summed E-state index contributed by atoms with van der Waals surface area (Å²) in [5.74, 6) is -0.223. The van der Waals surface area contributed by atoms with Crippen LogP contribution in [0, 0.1) is 6.92 Å². The summed E-state index contributed by atoms with van der Waals surface area (Å²) in [5, 5.41) is 19.0. The van der Waals surface area contributed by atoms with Crippen LogP contribution in [0.3, 0.4) is 0 Å². The Balaban J connectivity index is 3.04. The molecule has 19 heavy (non-hydrogen) atoms. The lowest BCUT2D eigenvalue weighted by atomic mass is 10.1. The van der Waals surface area contributed by atoms with Crippen molar-refractivity contribution in [3.8, 4) is 5.75 Å². The second-order valence-electron chi connectivity index (χ2n) is 4.71. The van der Waals surface area contributed by atoms with E-state index in [0.29, 0.717) is 12.1 Å². The monoisotopic (exact) mass is 265 g/mol. The summed E-state index contributed by atoms with van der Waals surface area (Å²) < 4.78 is 0. The van der Waals surface area contributed by atoms with E-state index in [0.717, 1.165) is 18.4 Å². The van der Waals surface area contributed by atoms with Crippen molar-refractivity contribution in [3.05, 3.63) is 29.3 Å². The third kappa shape index (κ3) is 3.70. The Morgan fingerprint density at radius 2 is 1.95 bits per heavy atom. The fourth-order valence-corrected chi connectivity index (χ4v) is 2.26. The minimum Gasteiger partial charge on any atom is -0.507 e. The van der Waals surface area contributed by atoms with E-state index in [9.17, 15) is 9.90 Å². The van der Waals surface area contributed by atoms with Gasteiger partial charge >= 0.3 is 0 Å². The van der Waals surface area contributed by atoms with Crippen LogP contribution in [-0.2, 0) is 0 Å². The van der Waals surface area contributed by atoms with Crippen molar-refractivity contribution in [2.24, 2.45) is 0 Å². The number of aliphatic hydroxyl groups is 1. The first-order chi connectivity index (χ1) is 9.04. The number of nitrogens with zero attached hydrogens (tertiary/aromatic N) is 1. The Kier molecular flexibility index (Phi) is 5.83. The van der Waals surface area contributed by atoms with Crippen molar-refractivity contribution in [1.82, 2.24) is 4.90 Å². The molecule has 0 aliphatic carbocycles. The molecule has 0 heterocycles. The first kappa shape index (κ1) is 15.5. The van der Waals surface area contributed by atoms with E-state index >= 15 is 0 Å². The van der Waals surface area contributed by atoms with E-state index in [1.54, 1.807) is 23.1 Å². The number of aliphatic hydroxyl groups excluding tert-OH is 1. The van der Waals surface area contributed by atoms with Crippen LogP contribution in [0.4, 0.5) is 0 Å². The van der Waals surface area contributed by atoms with Gasteiger partial charge in [-0.05, 0) is 37.5 Å². The Hall–Kier alpha value is -1.55. The predicted molar refractivity (Wildman–Crippen MR) is 75.3 cm³/mol. The highest BCUT2D eigenvalue weighted by atomic mass is 16.3. The minimum atomic E-state index is -0.222. The zero-order chi connectivity index (χ0) is 14.4. The standard InChI is InChI=1S/C15H23NO3/c1-4-12(5-2)16(8-9-17)15(19)13-7-6-11(3)10-14(13)18/h6-7,10,12,17-18H,4-5,8-9H2,1-3H3. The molecule has 0 saturated carbocycles. The molecule has 1 amide bonds. The summed E-state index contributed by atoms with van der Waals surface area (Å²) in [6, 6.07) is 5.11. The molecule has 1 aromatic carbocycles. The molecule has 4 nitrogen and oxygen atoms in total. The molecule has 0 unspecified atom stereocenters. The number of phenolic OH excluding ortho intramolecular Hbond substituents is 1. The van der Waals surface area contributed by atoms with Crippen LogP contribution in [-0.4, -0.2) is 40.2 Å². The van der Waals surface area contributed by atoms with E-state index in [1.807, 2.05) is 20.8 Å². The highest BCUT2D eigenvalue weighted by molar-refractivity contribution is 5.97. The molecule has 4 heteroatoms.